The number of carbonyl (C=O) groups is 1. The molecule has 2 aromatic carbocycles. The SMILES string of the molecule is Cc1ccccc1C(CNC(=O)c1cccc(-n2cccc2)c1)N1CCCC1. The zero-order valence-corrected chi connectivity index (χ0v) is 16.3. The van der Waals surface area contributed by atoms with Gasteiger partial charge in [-0.1, -0.05) is 30.3 Å². The first-order chi connectivity index (χ1) is 13.7. The highest BCUT2D eigenvalue weighted by Gasteiger charge is 2.25. The Balaban J connectivity index is 1.50. The Bertz CT molecular complexity index is 927. The fourth-order valence-electron chi connectivity index (χ4n) is 4.06. The average Bonchev–Trinajstić information content (AvgIpc) is 3.44. The molecule has 28 heavy (non-hydrogen) atoms. The van der Waals surface area contributed by atoms with Gasteiger partial charge >= 0.3 is 0 Å². The van der Waals surface area contributed by atoms with Gasteiger partial charge in [0.25, 0.3) is 5.91 Å². The van der Waals surface area contributed by atoms with Gasteiger partial charge in [-0.2, -0.15) is 0 Å². The third-order valence-electron chi connectivity index (χ3n) is 5.60. The zero-order chi connectivity index (χ0) is 19.3. The maximum atomic E-state index is 12.9. The number of nitrogens with one attached hydrogen (secondary N) is 1. The Kier molecular flexibility index (Phi) is 5.58. The minimum Gasteiger partial charge on any atom is -0.350 e. The largest absolute Gasteiger partial charge is 0.350 e. The minimum absolute atomic E-state index is 0.0215. The molecule has 0 aliphatic carbocycles. The molecule has 1 aromatic heterocycles. The van der Waals surface area contributed by atoms with E-state index in [1.165, 1.54) is 24.0 Å². The van der Waals surface area contributed by atoms with Crippen molar-refractivity contribution >= 4 is 5.91 Å². The van der Waals surface area contributed by atoms with Gasteiger partial charge in [0.15, 0.2) is 0 Å². The number of hydrogen-bond donors (Lipinski definition) is 1. The molecule has 2 heterocycles. The van der Waals surface area contributed by atoms with E-state index in [1.54, 1.807) is 0 Å². The molecule has 1 saturated heterocycles. The summed E-state index contributed by atoms with van der Waals surface area (Å²) in [5, 5.41) is 3.18. The van der Waals surface area contributed by atoms with E-state index < -0.39 is 0 Å². The molecule has 1 N–H and O–H groups in total. The molecule has 1 fully saturated rings. The second-order valence-electron chi connectivity index (χ2n) is 7.47. The highest BCUT2D eigenvalue weighted by Crippen LogP contribution is 2.27. The lowest BCUT2D eigenvalue weighted by Crippen LogP contribution is -2.37. The van der Waals surface area contributed by atoms with E-state index in [0.717, 1.165) is 18.8 Å². The van der Waals surface area contributed by atoms with Crippen LogP contribution in [0.1, 0.15) is 40.4 Å². The third kappa shape index (κ3) is 4.02. The van der Waals surface area contributed by atoms with E-state index in [2.05, 4.69) is 41.4 Å². The standard InChI is InChI=1S/C24H27N3O/c1-19-9-2-3-12-22(19)23(27-15-6-7-16-27)18-25-24(28)20-10-8-11-21(17-20)26-13-4-5-14-26/h2-5,8-14,17,23H,6-7,15-16,18H2,1H3,(H,25,28). The van der Waals surface area contributed by atoms with Gasteiger partial charge in [0, 0.05) is 30.2 Å². The Labute approximate surface area is 166 Å². The molecule has 1 amide bonds. The van der Waals surface area contributed by atoms with Crippen LogP contribution in [0.5, 0.6) is 0 Å². The van der Waals surface area contributed by atoms with E-state index in [1.807, 2.05) is 53.4 Å². The fraction of sp³-hybridized carbons (Fsp3) is 0.292. The second-order valence-corrected chi connectivity index (χ2v) is 7.47. The molecule has 1 atom stereocenters. The van der Waals surface area contributed by atoms with Gasteiger partial charge in [-0.3, -0.25) is 9.69 Å². The summed E-state index contributed by atoms with van der Waals surface area (Å²) < 4.78 is 2.01. The highest BCUT2D eigenvalue weighted by atomic mass is 16.1. The molecule has 4 nitrogen and oxygen atoms in total. The number of amides is 1. The second kappa shape index (κ2) is 8.44. The van der Waals surface area contributed by atoms with E-state index in [-0.39, 0.29) is 11.9 Å². The van der Waals surface area contributed by atoms with Crippen molar-refractivity contribution < 1.29 is 4.79 Å². The van der Waals surface area contributed by atoms with E-state index in [0.29, 0.717) is 12.1 Å². The molecule has 3 aromatic rings. The minimum atomic E-state index is -0.0215. The predicted octanol–water partition coefficient (Wildman–Crippen LogP) is 4.35. The van der Waals surface area contributed by atoms with Crippen molar-refractivity contribution in [3.05, 3.63) is 89.7 Å². The van der Waals surface area contributed by atoms with Crippen molar-refractivity contribution in [2.45, 2.75) is 25.8 Å². The molecule has 0 spiro atoms. The average molecular weight is 374 g/mol. The molecule has 4 rings (SSSR count). The third-order valence-corrected chi connectivity index (χ3v) is 5.60. The van der Waals surface area contributed by atoms with Gasteiger partial charge in [0.2, 0.25) is 0 Å². The number of carbonyl (C=O) groups excluding carboxylic acids is 1. The van der Waals surface area contributed by atoms with Crippen LogP contribution in [0.3, 0.4) is 0 Å². The smallest absolute Gasteiger partial charge is 0.251 e. The number of nitrogens with zero attached hydrogens (tertiary/aromatic N) is 2. The molecule has 4 heteroatoms. The Hall–Kier alpha value is -2.85. The molecule has 1 unspecified atom stereocenters. The summed E-state index contributed by atoms with van der Waals surface area (Å²) in [5.41, 5.74) is 4.28. The maximum Gasteiger partial charge on any atom is 0.251 e. The zero-order valence-electron chi connectivity index (χ0n) is 16.3. The van der Waals surface area contributed by atoms with Crippen molar-refractivity contribution in [2.75, 3.05) is 19.6 Å². The number of hydrogen-bond acceptors (Lipinski definition) is 2. The van der Waals surface area contributed by atoms with Crippen LogP contribution in [-0.4, -0.2) is 35.0 Å². The molecule has 1 aliphatic rings. The summed E-state index contributed by atoms with van der Waals surface area (Å²) in [6.45, 7) is 4.97. The maximum absolute atomic E-state index is 12.9. The summed E-state index contributed by atoms with van der Waals surface area (Å²) >= 11 is 0. The first-order valence-electron chi connectivity index (χ1n) is 10.0. The van der Waals surface area contributed by atoms with Gasteiger partial charge in [0.05, 0.1) is 6.04 Å². The lowest BCUT2D eigenvalue weighted by atomic mass is 10.00. The van der Waals surface area contributed by atoms with Crippen molar-refractivity contribution in [3.63, 3.8) is 0 Å². The van der Waals surface area contributed by atoms with Crippen molar-refractivity contribution in [2.24, 2.45) is 0 Å². The van der Waals surface area contributed by atoms with Crippen molar-refractivity contribution in [1.29, 1.82) is 0 Å². The topological polar surface area (TPSA) is 37.3 Å². The molecule has 0 bridgehead atoms. The van der Waals surface area contributed by atoms with Crippen molar-refractivity contribution in [3.8, 4) is 5.69 Å². The van der Waals surface area contributed by atoms with Gasteiger partial charge in [-0.25, -0.2) is 0 Å². The normalized spacial score (nSPS) is 15.5. The van der Waals surface area contributed by atoms with Crippen LogP contribution in [0, 0.1) is 6.92 Å². The number of aromatic nitrogens is 1. The lowest BCUT2D eigenvalue weighted by molar-refractivity contribution is 0.0937. The van der Waals surface area contributed by atoms with Crippen LogP contribution < -0.4 is 5.32 Å². The van der Waals surface area contributed by atoms with Gasteiger partial charge in [0.1, 0.15) is 0 Å². The summed E-state index contributed by atoms with van der Waals surface area (Å²) in [6.07, 6.45) is 6.43. The van der Waals surface area contributed by atoms with Crippen LogP contribution in [0.4, 0.5) is 0 Å². The van der Waals surface area contributed by atoms with E-state index in [9.17, 15) is 4.79 Å². The van der Waals surface area contributed by atoms with Crippen LogP contribution >= 0.6 is 0 Å². The van der Waals surface area contributed by atoms with Gasteiger partial charge < -0.3 is 9.88 Å². The number of likely N-dealkylation sites (tertiary alicyclic amines) is 1. The molecule has 0 radical (unpaired) electrons. The Morgan fingerprint density at radius 2 is 1.75 bits per heavy atom. The van der Waals surface area contributed by atoms with Crippen LogP contribution in [0.25, 0.3) is 5.69 Å². The molecule has 144 valence electrons. The van der Waals surface area contributed by atoms with E-state index in [4.69, 9.17) is 0 Å². The van der Waals surface area contributed by atoms with Crippen molar-refractivity contribution in [1.82, 2.24) is 14.8 Å². The van der Waals surface area contributed by atoms with Crippen LogP contribution in [-0.2, 0) is 0 Å². The fourth-order valence-corrected chi connectivity index (χ4v) is 4.06. The van der Waals surface area contributed by atoms with E-state index >= 15 is 0 Å². The number of benzene rings is 2. The molecule has 0 saturated carbocycles. The molecular weight excluding hydrogens is 346 g/mol. The number of aryl methyl sites for hydroxylation is 1. The quantitative estimate of drug-likeness (QED) is 0.697. The first kappa shape index (κ1) is 18.5. The summed E-state index contributed by atoms with van der Waals surface area (Å²) in [4.78, 5) is 15.4. The predicted molar refractivity (Wildman–Crippen MR) is 113 cm³/mol. The monoisotopic (exact) mass is 373 g/mol. The summed E-state index contributed by atoms with van der Waals surface area (Å²) in [7, 11) is 0. The molecular formula is C24H27N3O. The summed E-state index contributed by atoms with van der Waals surface area (Å²) in [5.74, 6) is -0.0215. The number of rotatable bonds is 6. The van der Waals surface area contributed by atoms with Gasteiger partial charge in [-0.05, 0) is 74.3 Å². The lowest BCUT2D eigenvalue weighted by Gasteiger charge is -2.29. The Morgan fingerprint density at radius 1 is 1.00 bits per heavy atom. The highest BCUT2D eigenvalue weighted by molar-refractivity contribution is 5.94. The Morgan fingerprint density at radius 3 is 2.50 bits per heavy atom. The van der Waals surface area contributed by atoms with Crippen LogP contribution in [0.2, 0.25) is 0 Å². The van der Waals surface area contributed by atoms with Crippen LogP contribution in [0.15, 0.2) is 73.1 Å². The molecule has 1 aliphatic heterocycles. The summed E-state index contributed by atoms with van der Waals surface area (Å²) in [6, 6.07) is 20.5. The van der Waals surface area contributed by atoms with Gasteiger partial charge in [-0.15, -0.1) is 0 Å². The first-order valence-corrected chi connectivity index (χ1v) is 10.0.